The minimum absolute atomic E-state index is 0.0201. The maximum absolute atomic E-state index is 12.7. The molecule has 6 heteroatoms. The van der Waals surface area contributed by atoms with Crippen molar-refractivity contribution in [1.29, 1.82) is 0 Å². The average Bonchev–Trinajstić information content (AvgIpc) is 3.18. The standard InChI is InChI=1S/C24H28N2O4/c1-4-16(2)20-7-5-6-8-21(20)26-15-19(13-22(26)27)23(28)25-14-17-9-11-18(12-10-17)24(29)30-3/h5-12,16,19H,4,13-15H2,1-3H3,(H,25,28). The van der Waals surface area contributed by atoms with Gasteiger partial charge in [-0.3, -0.25) is 9.59 Å². The fourth-order valence-electron chi connectivity index (χ4n) is 3.70. The van der Waals surface area contributed by atoms with E-state index in [1.807, 2.05) is 18.2 Å². The first-order chi connectivity index (χ1) is 14.4. The van der Waals surface area contributed by atoms with Crippen LogP contribution in [0.15, 0.2) is 48.5 Å². The fraction of sp³-hybridized carbons (Fsp3) is 0.375. The topological polar surface area (TPSA) is 75.7 Å². The van der Waals surface area contributed by atoms with Gasteiger partial charge < -0.3 is 15.0 Å². The minimum Gasteiger partial charge on any atom is -0.465 e. The number of carbonyl (C=O) groups excluding carboxylic acids is 3. The lowest BCUT2D eigenvalue weighted by molar-refractivity contribution is -0.126. The lowest BCUT2D eigenvalue weighted by atomic mass is 9.96. The van der Waals surface area contributed by atoms with Crippen LogP contribution >= 0.6 is 0 Å². The Kier molecular flexibility index (Phi) is 6.87. The van der Waals surface area contributed by atoms with E-state index in [1.54, 1.807) is 29.2 Å². The first-order valence-electron chi connectivity index (χ1n) is 10.3. The van der Waals surface area contributed by atoms with E-state index in [-0.39, 0.29) is 24.2 Å². The maximum atomic E-state index is 12.7. The molecule has 30 heavy (non-hydrogen) atoms. The van der Waals surface area contributed by atoms with Crippen LogP contribution in [0.5, 0.6) is 0 Å². The van der Waals surface area contributed by atoms with Crippen LogP contribution in [-0.4, -0.2) is 31.4 Å². The second-order valence-electron chi connectivity index (χ2n) is 7.68. The van der Waals surface area contributed by atoms with Gasteiger partial charge in [0, 0.05) is 25.2 Å². The van der Waals surface area contributed by atoms with E-state index in [9.17, 15) is 14.4 Å². The number of anilines is 1. The van der Waals surface area contributed by atoms with Crippen LogP contribution in [0, 0.1) is 5.92 Å². The molecule has 2 atom stereocenters. The molecule has 1 aliphatic rings. The number of nitrogens with one attached hydrogen (secondary N) is 1. The van der Waals surface area contributed by atoms with Crippen LogP contribution in [0.3, 0.4) is 0 Å². The number of nitrogens with zero attached hydrogens (tertiary/aromatic N) is 1. The Morgan fingerprint density at radius 2 is 1.87 bits per heavy atom. The van der Waals surface area contributed by atoms with Gasteiger partial charge in [0.25, 0.3) is 0 Å². The molecule has 0 bridgehead atoms. The summed E-state index contributed by atoms with van der Waals surface area (Å²) in [5.41, 5.74) is 3.38. The third-order valence-corrected chi connectivity index (χ3v) is 5.71. The number of benzene rings is 2. The van der Waals surface area contributed by atoms with E-state index in [0.717, 1.165) is 23.2 Å². The van der Waals surface area contributed by atoms with Crippen molar-refractivity contribution in [2.24, 2.45) is 5.92 Å². The highest BCUT2D eigenvalue weighted by Gasteiger charge is 2.36. The Balaban J connectivity index is 1.62. The van der Waals surface area contributed by atoms with Crippen molar-refractivity contribution in [3.63, 3.8) is 0 Å². The van der Waals surface area contributed by atoms with E-state index in [1.165, 1.54) is 7.11 Å². The monoisotopic (exact) mass is 408 g/mol. The summed E-state index contributed by atoms with van der Waals surface area (Å²) in [4.78, 5) is 38.6. The number of esters is 1. The predicted molar refractivity (Wildman–Crippen MR) is 115 cm³/mol. The summed E-state index contributed by atoms with van der Waals surface area (Å²) >= 11 is 0. The average molecular weight is 408 g/mol. The van der Waals surface area contributed by atoms with Crippen molar-refractivity contribution in [3.05, 3.63) is 65.2 Å². The Hall–Kier alpha value is -3.15. The van der Waals surface area contributed by atoms with E-state index in [0.29, 0.717) is 24.6 Å². The van der Waals surface area contributed by atoms with Gasteiger partial charge in [-0.2, -0.15) is 0 Å². The summed E-state index contributed by atoms with van der Waals surface area (Å²) in [6, 6.07) is 14.8. The van der Waals surface area contributed by atoms with Crippen molar-refractivity contribution in [2.45, 2.75) is 39.2 Å². The molecule has 1 heterocycles. The summed E-state index contributed by atoms with van der Waals surface area (Å²) in [7, 11) is 1.34. The number of carbonyl (C=O) groups is 3. The molecule has 1 fully saturated rings. The van der Waals surface area contributed by atoms with Crippen molar-refractivity contribution < 1.29 is 19.1 Å². The molecule has 2 amide bonds. The summed E-state index contributed by atoms with van der Waals surface area (Å²) in [5.74, 6) is -0.586. The molecule has 2 aromatic carbocycles. The van der Waals surface area contributed by atoms with Gasteiger partial charge in [0.1, 0.15) is 0 Å². The molecule has 0 saturated carbocycles. The smallest absolute Gasteiger partial charge is 0.337 e. The SMILES string of the molecule is CCC(C)c1ccccc1N1CC(C(=O)NCc2ccc(C(=O)OC)cc2)CC1=O. The van der Waals surface area contributed by atoms with Gasteiger partial charge in [-0.1, -0.05) is 44.2 Å². The minimum atomic E-state index is -0.396. The Morgan fingerprint density at radius 3 is 2.53 bits per heavy atom. The molecule has 1 saturated heterocycles. The molecule has 1 N–H and O–H groups in total. The third kappa shape index (κ3) is 4.70. The lowest BCUT2D eigenvalue weighted by Gasteiger charge is -2.23. The number of hydrogen-bond donors (Lipinski definition) is 1. The molecule has 6 nitrogen and oxygen atoms in total. The molecule has 1 aliphatic heterocycles. The van der Waals surface area contributed by atoms with Gasteiger partial charge in [0.2, 0.25) is 11.8 Å². The molecular weight excluding hydrogens is 380 g/mol. The van der Waals surface area contributed by atoms with Gasteiger partial charge in [0.05, 0.1) is 18.6 Å². The first-order valence-corrected chi connectivity index (χ1v) is 10.3. The van der Waals surface area contributed by atoms with Crippen molar-refractivity contribution in [3.8, 4) is 0 Å². The maximum Gasteiger partial charge on any atom is 0.337 e. The van der Waals surface area contributed by atoms with Gasteiger partial charge in [0.15, 0.2) is 0 Å². The van der Waals surface area contributed by atoms with Crippen molar-refractivity contribution in [1.82, 2.24) is 5.32 Å². The number of hydrogen-bond acceptors (Lipinski definition) is 4. The van der Waals surface area contributed by atoms with Crippen LogP contribution in [0.4, 0.5) is 5.69 Å². The molecule has 2 unspecified atom stereocenters. The Morgan fingerprint density at radius 1 is 1.17 bits per heavy atom. The molecular formula is C24H28N2O4. The van der Waals surface area contributed by atoms with Crippen molar-refractivity contribution in [2.75, 3.05) is 18.6 Å². The van der Waals surface area contributed by atoms with E-state index >= 15 is 0 Å². The van der Waals surface area contributed by atoms with E-state index < -0.39 is 5.97 Å². The van der Waals surface area contributed by atoms with E-state index in [4.69, 9.17) is 0 Å². The highest BCUT2D eigenvalue weighted by atomic mass is 16.5. The number of para-hydroxylation sites is 1. The van der Waals surface area contributed by atoms with Crippen LogP contribution < -0.4 is 10.2 Å². The Labute approximate surface area is 177 Å². The number of rotatable bonds is 7. The largest absolute Gasteiger partial charge is 0.465 e. The molecule has 0 aliphatic carbocycles. The predicted octanol–water partition coefficient (Wildman–Crippen LogP) is 3.66. The summed E-state index contributed by atoms with van der Waals surface area (Å²) in [5, 5.41) is 2.91. The molecule has 0 radical (unpaired) electrons. The third-order valence-electron chi connectivity index (χ3n) is 5.71. The molecule has 0 spiro atoms. The van der Waals surface area contributed by atoms with Gasteiger partial charge >= 0.3 is 5.97 Å². The summed E-state index contributed by atoms with van der Waals surface area (Å²) in [6.45, 7) is 5.00. The van der Waals surface area contributed by atoms with Crippen molar-refractivity contribution >= 4 is 23.5 Å². The second kappa shape index (κ2) is 9.57. The summed E-state index contributed by atoms with van der Waals surface area (Å²) in [6.07, 6.45) is 1.19. The highest BCUT2D eigenvalue weighted by molar-refractivity contribution is 6.00. The fourth-order valence-corrected chi connectivity index (χ4v) is 3.70. The number of methoxy groups -OCH3 is 1. The molecule has 3 rings (SSSR count). The van der Waals surface area contributed by atoms with Gasteiger partial charge in [-0.15, -0.1) is 0 Å². The van der Waals surface area contributed by atoms with Crippen LogP contribution in [0.25, 0.3) is 0 Å². The zero-order valence-corrected chi connectivity index (χ0v) is 17.7. The normalized spacial score (nSPS) is 17.0. The Bertz CT molecular complexity index is 923. The lowest BCUT2D eigenvalue weighted by Crippen LogP contribution is -2.33. The second-order valence-corrected chi connectivity index (χ2v) is 7.68. The zero-order valence-electron chi connectivity index (χ0n) is 17.7. The summed E-state index contributed by atoms with van der Waals surface area (Å²) < 4.78 is 4.68. The quantitative estimate of drug-likeness (QED) is 0.710. The van der Waals surface area contributed by atoms with Gasteiger partial charge in [-0.25, -0.2) is 4.79 Å². The number of amides is 2. The van der Waals surface area contributed by atoms with Crippen LogP contribution in [0.2, 0.25) is 0 Å². The molecule has 158 valence electrons. The zero-order chi connectivity index (χ0) is 21.7. The first kappa shape index (κ1) is 21.6. The molecule has 2 aromatic rings. The van der Waals surface area contributed by atoms with Crippen LogP contribution in [-0.2, 0) is 20.9 Å². The van der Waals surface area contributed by atoms with E-state index in [2.05, 4.69) is 30.0 Å². The van der Waals surface area contributed by atoms with Crippen LogP contribution in [0.1, 0.15) is 54.1 Å². The number of ether oxygens (including phenoxy) is 1. The molecule has 0 aromatic heterocycles. The van der Waals surface area contributed by atoms with Gasteiger partial charge in [-0.05, 0) is 41.7 Å². The highest BCUT2D eigenvalue weighted by Crippen LogP contribution is 2.33.